The third-order valence-electron chi connectivity index (χ3n) is 3.99. The lowest BCUT2D eigenvalue weighted by Gasteiger charge is -2.22. The number of aromatic nitrogens is 1. The first-order valence-corrected chi connectivity index (χ1v) is 8.16. The maximum absolute atomic E-state index is 5.85. The second kappa shape index (κ2) is 6.10. The van der Waals surface area contributed by atoms with Crippen LogP contribution >= 0.6 is 11.3 Å². The number of hydrogen-bond donors (Lipinski definition) is 2. The summed E-state index contributed by atoms with van der Waals surface area (Å²) in [5.41, 5.74) is 1.15. The Morgan fingerprint density at radius 3 is 3.05 bits per heavy atom. The van der Waals surface area contributed by atoms with Gasteiger partial charge in [0.05, 0.1) is 29.0 Å². The average molecular weight is 294 g/mol. The molecule has 0 saturated carbocycles. The molecule has 2 bridgehead atoms. The zero-order valence-electron chi connectivity index (χ0n) is 12.1. The molecule has 20 heavy (non-hydrogen) atoms. The predicted molar refractivity (Wildman–Crippen MR) is 81.4 cm³/mol. The fourth-order valence-electron chi connectivity index (χ4n) is 2.99. The molecule has 2 aliphatic heterocycles. The number of guanidine groups is 1. The Morgan fingerprint density at radius 1 is 1.55 bits per heavy atom. The number of ether oxygens (including phenoxy) is 1. The smallest absolute Gasteiger partial charge is 0.191 e. The van der Waals surface area contributed by atoms with Crippen molar-refractivity contribution in [1.82, 2.24) is 15.6 Å². The summed E-state index contributed by atoms with van der Waals surface area (Å²) in [4.78, 5) is 8.76. The van der Waals surface area contributed by atoms with Gasteiger partial charge in [-0.25, -0.2) is 4.98 Å². The van der Waals surface area contributed by atoms with Crippen LogP contribution in [0.3, 0.4) is 0 Å². The van der Waals surface area contributed by atoms with Crippen molar-refractivity contribution < 1.29 is 4.74 Å². The molecular weight excluding hydrogens is 272 g/mol. The van der Waals surface area contributed by atoms with Gasteiger partial charge in [-0.1, -0.05) is 0 Å². The van der Waals surface area contributed by atoms with Gasteiger partial charge in [0.2, 0.25) is 0 Å². The zero-order chi connectivity index (χ0) is 13.9. The van der Waals surface area contributed by atoms with Crippen molar-refractivity contribution in [1.29, 1.82) is 0 Å². The summed E-state index contributed by atoms with van der Waals surface area (Å²) >= 11 is 1.70. The van der Waals surface area contributed by atoms with E-state index in [1.54, 1.807) is 11.3 Å². The summed E-state index contributed by atoms with van der Waals surface area (Å²) in [7, 11) is 1.82. The summed E-state index contributed by atoms with van der Waals surface area (Å²) in [6.45, 7) is 2.89. The summed E-state index contributed by atoms with van der Waals surface area (Å²) < 4.78 is 5.85. The number of nitrogens with zero attached hydrogens (tertiary/aromatic N) is 2. The molecule has 1 aromatic heterocycles. The normalized spacial score (nSPS) is 28.9. The van der Waals surface area contributed by atoms with Crippen LogP contribution in [0.2, 0.25) is 0 Å². The predicted octanol–water partition coefficient (Wildman–Crippen LogP) is 1.48. The number of aliphatic imine (C=N–C) groups is 1. The Labute approximate surface area is 123 Å². The van der Waals surface area contributed by atoms with E-state index < -0.39 is 0 Å². The Morgan fingerprint density at radius 2 is 2.45 bits per heavy atom. The molecule has 0 aliphatic carbocycles. The first-order valence-electron chi connectivity index (χ1n) is 7.28. The van der Waals surface area contributed by atoms with E-state index in [9.17, 15) is 0 Å². The molecule has 2 fully saturated rings. The molecule has 3 atom stereocenters. The average Bonchev–Trinajstić information content (AvgIpc) is 3.14. The number of nitrogens with one attached hydrogen (secondary N) is 2. The minimum atomic E-state index is 0.375. The van der Waals surface area contributed by atoms with Gasteiger partial charge in [0.1, 0.15) is 0 Å². The molecule has 110 valence electrons. The number of hydrogen-bond acceptors (Lipinski definition) is 4. The van der Waals surface area contributed by atoms with Gasteiger partial charge in [0.15, 0.2) is 5.96 Å². The fourth-order valence-corrected chi connectivity index (χ4v) is 3.64. The first kappa shape index (κ1) is 13.8. The van der Waals surface area contributed by atoms with Crippen molar-refractivity contribution in [3.8, 4) is 0 Å². The third-order valence-corrected chi connectivity index (χ3v) is 4.81. The van der Waals surface area contributed by atoms with Crippen LogP contribution in [0.4, 0.5) is 0 Å². The van der Waals surface area contributed by atoms with E-state index in [0.29, 0.717) is 18.2 Å². The van der Waals surface area contributed by atoms with Crippen LogP contribution < -0.4 is 10.6 Å². The summed E-state index contributed by atoms with van der Waals surface area (Å²) in [5, 5.41) is 10.1. The highest BCUT2D eigenvalue weighted by molar-refractivity contribution is 7.09. The zero-order valence-corrected chi connectivity index (χ0v) is 12.9. The van der Waals surface area contributed by atoms with Crippen molar-refractivity contribution in [2.45, 2.75) is 50.9 Å². The van der Waals surface area contributed by atoms with Crippen molar-refractivity contribution in [3.05, 3.63) is 16.1 Å². The first-order chi connectivity index (χ1) is 9.74. The number of aryl methyl sites for hydroxylation is 1. The van der Waals surface area contributed by atoms with Crippen LogP contribution in [0.1, 0.15) is 30.0 Å². The van der Waals surface area contributed by atoms with Crippen molar-refractivity contribution >= 4 is 17.3 Å². The van der Waals surface area contributed by atoms with E-state index in [0.717, 1.165) is 36.0 Å². The van der Waals surface area contributed by atoms with Crippen molar-refractivity contribution in [2.24, 2.45) is 4.99 Å². The van der Waals surface area contributed by atoms with Gasteiger partial charge in [-0.3, -0.25) is 4.99 Å². The molecule has 2 N–H and O–H groups in total. The third kappa shape index (κ3) is 3.12. The summed E-state index contributed by atoms with van der Waals surface area (Å²) in [6.07, 6.45) is 5.28. The van der Waals surface area contributed by atoms with Crippen LogP contribution in [-0.2, 0) is 11.2 Å². The van der Waals surface area contributed by atoms with E-state index in [4.69, 9.17) is 4.74 Å². The highest BCUT2D eigenvalue weighted by Gasteiger charge is 2.41. The highest BCUT2D eigenvalue weighted by Crippen LogP contribution is 2.34. The maximum atomic E-state index is 5.85. The Kier molecular flexibility index (Phi) is 4.21. The van der Waals surface area contributed by atoms with Gasteiger partial charge in [-0.15, -0.1) is 11.3 Å². The van der Waals surface area contributed by atoms with Gasteiger partial charge in [-0.2, -0.15) is 0 Å². The largest absolute Gasteiger partial charge is 0.373 e. The molecular formula is C14H22N4OS. The van der Waals surface area contributed by atoms with Crippen LogP contribution in [-0.4, -0.2) is 42.8 Å². The molecule has 6 heteroatoms. The second-order valence-electron chi connectivity index (χ2n) is 5.47. The molecule has 5 nitrogen and oxygen atoms in total. The minimum Gasteiger partial charge on any atom is -0.373 e. The lowest BCUT2D eigenvalue weighted by atomic mass is 9.96. The van der Waals surface area contributed by atoms with Crippen molar-refractivity contribution in [3.63, 3.8) is 0 Å². The monoisotopic (exact) mass is 294 g/mol. The van der Waals surface area contributed by atoms with Crippen LogP contribution in [0, 0.1) is 6.92 Å². The number of fused-ring (bicyclic) bond motifs is 2. The van der Waals surface area contributed by atoms with Crippen LogP contribution in [0.15, 0.2) is 10.4 Å². The lowest BCUT2D eigenvalue weighted by Crippen LogP contribution is -2.47. The van der Waals surface area contributed by atoms with Crippen LogP contribution in [0.5, 0.6) is 0 Å². The Balaban J connectivity index is 1.43. The van der Waals surface area contributed by atoms with Gasteiger partial charge in [0, 0.05) is 25.4 Å². The van der Waals surface area contributed by atoms with Gasteiger partial charge in [0.25, 0.3) is 0 Å². The maximum Gasteiger partial charge on any atom is 0.191 e. The quantitative estimate of drug-likeness (QED) is 0.652. The fraction of sp³-hybridized carbons (Fsp3) is 0.714. The topological polar surface area (TPSA) is 58.5 Å². The Bertz CT molecular complexity index is 487. The molecule has 1 aromatic rings. The van der Waals surface area contributed by atoms with Gasteiger partial charge < -0.3 is 15.4 Å². The molecule has 3 unspecified atom stereocenters. The van der Waals surface area contributed by atoms with E-state index in [1.165, 1.54) is 12.8 Å². The molecule has 2 aliphatic rings. The summed E-state index contributed by atoms with van der Waals surface area (Å²) in [5.74, 6) is 0.873. The van der Waals surface area contributed by atoms with Crippen LogP contribution in [0.25, 0.3) is 0 Å². The molecule has 0 spiro atoms. The number of thiazole rings is 1. The van der Waals surface area contributed by atoms with E-state index in [-0.39, 0.29) is 0 Å². The van der Waals surface area contributed by atoms with Gasteiger partial charge in [-0.05, 0) is 26.2 Å². The molecule has 0 aromatic carbocycles. The van der Waals surface area contributed by atoms with Crippen molar-refractivity contribution in [2.75, 3.05) is 13.6 Å². The molecule has 0 amide bonds. The van der Waals surface area contributed by atoms with E-state index in [2.05, 4.69) is 26.0 Å². The minimum absolute atomic E-state index is 0.375. The van der Waals surface area contributed by atoms with E-state index in [1.807, 2.05) is 14.0 Å². The lowest BCUT2D eigenvalue weighted by molar-refractivity contribution is 0.0992. The van der Waals surface area contributed by atoms with E-state index >= 15 is 0 Å². The molecule has 3 rings (SSSR count). The SMILES string of the molecule is CN=C(NCCc1csc(C)n1)NC1CC2CCC1O2. The molecule has 0 radical (unpaired) electrons. The molecule has 3 heterocycles. The number of rotatable bonds is 4. The Hall–Kier alpha value is -1.14. The van der Waals surface area contributed by atoms with Gasteiger partial charge >= 0.3 is 0 Å². The standard InChI is InChI=1S/C14H22N4OS/c1-9-17-10(8-20-9)5-6-16-14(15-2)18-12-7-11-3-4-13(12)19-11/h8,11-13H,3-7H2,1-2H3,(H2,15,16,18). The highest BCUT2D eigenvalue weighted by atomic mass is 32.1. The second-order valence-corrected chi connectivity index (χ2v) is 6.53. The summed E-state index contributed by atoms with van der Waals surface area (Å²) in [6, 6.07) is 0.418. The molecule has 2 saturated heterocycles.